The first-order chi connectivity index (χ1) is 11.1. The first-order valence-electron chi connectivity index (χ1n) is 8.59. The Morgan fingerprint density at radius 3 is 2.48 bits per heavy atom. The molecule has 1 heterocycles. The lowest BCUT2D eigenvalue weighted by atomic mass is 9.89. The third-order valence-electron chi connectivity index (χ3n) is 5.09. The fourth-order valence-electron chi connectivity index (χ4n) is 3.62. The Hall–Kier alpha value is -1.81. The summed E-state index contributed by atoms with van der Waals surface area (Å²) in [4.78, 5) is 14.5. The van der Waals surface area contributed by atoms with Gasteiger partial charge in [0, 0.05) is 17.7 Å². The highest BCUT2D eigenvalue weighted by atomic mass is 16.4. The van der Waals surface area contributed by atoms with Crippen molar-refractivity contribution < 1.29 is 9.52 Å². The molecule has 4 heteroatoms. The Bertz CT molecular complexity index is 788. The van der Waals surface area contributed by atoms with Crippen LogP contribution in [0, 0.1) is 6.92 Å². The highest BCUT2D eigenvalue weighted by molar-refractivity contribution is 5.89. The maximum Gasteiger partial charge on any atom is 0.339 e. The van der Waals surface area contributed by atoms with Crippen molar-refractivity contribution in [3.05, 3.63) is 38.7 Å². The van der Waals surface area contributed by atoms with Gasteiger partial charge in [0.05, 0.1) is 5.39 Å². The van der Waals surface area contributed by atoms with E-state index in [1.165, 1.54) is 0 Å². The Balaban J connectivity index is 2.24. The first kappa shape index (κ1) is 16.1. The molecule has 0 radical (unpaired) electrons. The fraction of sp³-hybridized carbons (Fsp3) is 0.526. The predicted molar refractivity (Wildman–Crippen MR) is 92.2 cm³/mol. The summed E-state index contributed by atoms with van der Waals surface area (Å²) < 4.78 is 5.51. The van der Waals surface area contributed by atoms with Crippen LogP contribution < -0.4 is 5.63 Å². The second-order valence-corrected chi connectivity index (χ2v) is 6.41. The molecule has 0 saturated carbocycles. The molecule has 4 nitrogen and oxygen atoms in total. The van der Waals surface area contributed by atoms with Crippen LogP contribution in [-0.4, -0.2) is 23.1 Å². The molecule has 1 aromatic carbocycles. The van der Waals surface area contributed by atoms with E-state index in [1.807, 2.05) is 13.0 Å². The van der Waals surface area contributed by atoms with Crippen LogP contribution in [0.3, 0.4) is 0 Å². The van der Waals surface area contributed by atoms with Gasteiger partial charge in [-0.15, -0.1) is 0 Å². The van der Waals surface area contributed by atoms with E-state index < -0.39 is 0 Å². The van der Waals surface area contributed by atoms with Crippen LogP contribution in [-0.2, 0) is 19.4 Å². The van der Waals surface area contributed by atoms with Crippen molar-refractivity contribution in [2.24, 2.45) is 0 Å². The van der Waals surface area contributed by atoms with E-state index >= 15 is 0 Å². The molecule has 3 rings (SSSR count). The lowest BCUT2D eigenvalue weighted by Crippen LogP contribution is -2.23. The van der Waals surface area contributed by atoms with E-state index in [-0.39, 0.29) is 5.63 Å². The van der Waals surface area contributed by atoms with Gasteiger partial charge in [0.1, 0.15) is 11.3 Å². The minimum atomic E-state index is -0.234. The third-order valence-corrected chi connectivity index (χ3v) is 5.09. The van der Waals surface area contributed by atoms with E-state index in [1.54, 1.807) is 0 Å². The van der Waals surface area contributed by atoms with Crippen LogP contribution >= 0.6 is 0 Å². The van der Waals surface area contributed by atoms with E-state index in [2.05, 4.69) is 18.7 Å². The topological polar surface area (TPSA) is 53.7 Å². The van der Waals surface area contributed by atoms with Gasteiger partial charge in [-0.05, 0) is 62.9 Å². The van der Waals surface area contributed by atoms with Gasteiger partial charge in [0.25, 0.3) is 0 Å². The summed E-state index contributed by atoms with van der Waals surface area (Å²) in [6.45, 7) is 8.81. The molecule has 2 aromatic rings. The van der Waals surface area contributed by atoms with Gasteiger partial charge in [-0.1, -0.05) is 13.8 Å². The zero-order valence-electron chi connectivity index (χ0n) is 14.2. The number of hydrogen-bond acceptors (Lipinski definition) is 4. The monoisotopic (exact) mass is 315 g/mol. The normalized spacial score (nSPS) is 14.4. The minimum Gasteiger partial charge on any atom is -0.507 e. The third kappa shape index (κ3) is 2.76. The van der Waals surface area contributed by atoms with Gasteiger partial charge >= 0.3 is 5.63 Å². The second-order valence-electron chi connectivity index (χ2n) is 6.41. The van der Waals surface area contributed by atoms with Crippen LogP contribution in [0.5, 0.6) is 5.75 Å². The summed E-state index contributed by atoms with van der Waals surface area (Å²) >= 11 is 0. The molecule has 1 aliphatic rings. The molecule has 0 fully saturated rings. The van der Waals surface area contributed by atoms with Crippen molar-refractivity contribution in [1.82, 2.24) is 4.90 Å². The quantitative estimate of drug-likeness (QED) is 0.877. The average Bonchev–Trinajstić information content (AvgIpc) is 2.55. The van der Waals surface area contributed by atoms with Gasteiger partial charge in [0.2, 0.25) is 0 Å². The van der Waals surface area contributed by atoms with E-state index in [0.717, 1.165) is 66.4 Å². The maximum atomic E-state index is 12.2. The molecule has 23 heavy (non-hydrogen) atoms. The van der Waals surface area contributed by atoms with Crippen molar-refractivity contribution in [2.75, 3.05) is 13.1 Å². The highest BCUT2D eigenvalue weighted by Crippen LogP contribution is 2.37. The van der Waals surface area contributed by atoms with Crippen LogP contribution in [0.2, 0.25) is 0 Å². The number of nitrogens with zero attached hydrogens (tertiary/aromatic N) is 1. The molecular formula is C19H25NO3. The van der Waals surface area contributed by atoms with Gasteiger partial charge in [-0.25, -0.2) is 4.79 Å². The van der Waals surface area contributed by atoms with Crippen LogP contribution in [0.25, 0.3) is 11.0 Å². The van der Waals surface area contributed by atoms with Crippen LogP contribution in [0.4, 0.5) is 0 Å². The molecule has 0 bridgehead atoms. The van der Waals surface area contributed by atoms with Crippen LogP contribution in [0.15, 0.2) is 15.3 Å². The lowest BCUT2D eigenvalue weighted by Gasteiger charge is -2.22. The summed E-state index contributed by atoms with van der Waals surface area (Å²) in [5, 5.41) is 11.7. The largest absolute Gasteiger partial charge is 0.507 e. The first-order valence-corrected chi connectivity index (χ1v) is 8.59. The number of aromatic hydroxyl groups is 1. The summed E-state index contributed by atoms with van der Waals surface area (Å²) in [5.74, 6) is 0.300. The molecule has 1 N–H and O–H groups in total. The smallest absolute Gasteiger partial charge is 0.339 e. The number of benzene rings is 1. The Kier molecular flexibility index (Phi) is 4.44. The minimum absolute atomic E-state index is 0.234. The van der Waals surface area contributed by atoms with Gasteiger partial charge < -0.3 is 9.52 Å². The zero-order valence-corrected chi connectivity index (χ0v) is 14.2. The van der Waals surface area contributed by atoms with Crippen molar-refractivity contribution in [3.63, 3.8) is 0 Å². The molecule has 0 aliphatic heterocycles. The fourth-order valence-corrected chi connectivity index (χ4v) is 3.62. The van der Waals surface area contributed by atoms with Crippen molar-refractivity contribution in [1.29, 1.82) is 0 Å². The van der Waals surface area contributed by atoms with E-state index in [0.29, 0.717) is 17.9 Å². The van der Waals surface area contributed by atoms with E-state index in [4.69, 9.17) is 4.42 Å². The van der Waals surface area contributed by atoms with Gasteiger partial charge in [0.15, 0.2) is 0 Å². The van der Waals surface area contributed by atoms with Gasteiger partial charge in [-0.2, -0.15) is 0 Å². The van der Waals surface area contributed by atoms with Crippen LogP contribution in [0.1, 0.15) is 48.9 Å². The number of hydrogen-bond donors (Lipinski definition) is 1. The summed E-state index contributed by atoms with van der Waals surface area (Å²) in [6.07, 6.45) is 3.68. The molecule has 0 unspecified atom stereocenters. The molecule has 0 atom stereocenters. The number of rotatable bonds is 4. The standard InChI is InChI=1S/C19H25NO3/c1-4-20(5-2)11-15-12(3)10-16-17(18(15)21)13-8-6-7-9-14(13)19(22)23-16/h10,21H,4-9,11H2,1-3H3. The number of phenols is 1. The average molecular weight is 315 g/mol. The van der Waals surface area contributed by atoms with Gasteiger partial charge in [-0.3, -0.25) is 4.90 Å². The molecule has 124 valence electrons. The summed E-state index contributed by atoms with van der Waals surface area (Å²) in [6, 6.07) is 1.91. The zero-order chi connectivity index (χ0) is 16.6. The Morgan fingerprint density at radius 1 is 1.17 bits per heavy atom. The maximum absolute atomic E-state index is 12.2. The lowest BCUT2D eigenvalue weighted by molar-refractivity contribution is 0.290. The Morgan fingerprint density at radius 2 is 1.83 bits per heavy atom. The molecule has 1 aromatic heterocycles. The highest BCUT2D eigenvalue weighted by Gasteiger charge is 2.23. The Labute approximate surface area is 136 Å². The van der Waals surface area contributed by atoms with E-state index in [9.17, 15) is 9.90 Å². The summed E-state index contributed by atoms with van der Waals surface area (Å²) in [5.41, 5.74) is 3.97. The molecule has 0 saturated heterocycles. The van der Waals surface area contributed by atoms with Crippen molar-refractivity contribution >= 4 is 11.0 Å². The van der Waals surface area contributed by atoms with Crippen molar-refractivity contribution in [3.8, 4) is 5.75 Å². The predicted octanol–water partition coefficient (Wildman–Crippen LogP) is 3.53. The number of fused-ring (bicyclic) bond motifs is 3. The van der Waals surface area contributed by atoms with Crippen molar-refractivity contribution in [2.45, 2.75) is 53.0 Å². The molecule has 1 aliphatic carbocycles. The number of aryl methyl sites for hydroxylation is 2. The molecular weight excluding hydrogens is 290 g/mol. The SMILES string of the molecule is CCN(CC)Cc1c(C)cc2oc(=O)c3c(c2c1O)CCCC3. The molecule has 0 amide bonds. The molecule has 0 spiro atoms. The number of phenolic OH excluding ortho intramolecular Hbond substituents is 1. The second kappa shape index (κ2) is 6.36. The summed E-state index contributed by atoms with van der Waals surface area (Å²) in [7, 11) is 0.